The summed E-state index contributed by atoms with van der Waals surface area (Å²) in [5, 5.41) is 5.08. The number of nitrogens with zero attached hydrogens (tertiary/aromatic N) is 3. The molecule has 2 amide bonds. The smallest absolute Gasteiger partial charge is 0.258 e. The molecule has 3 aromatic rings. The van der Waals surface area contributed by atoms with E-state index in [1.165, 1.54) is 5.69 Å². The molecule has 5 rings (SSSR count). The fourth-order valence-electron chi connectivity index (χ4n) is 4.64. The summed E-state index contributed by atoms with van der Waals surface area (Å²) in [5.41, 5.74) is 3.70. The van der Waals surface area contributed by atoms with Crippen LogP contribution in [0.5, 0.6) is 0 Å². The van der Waals surface area contributed by atoms with E-state index in [4.69, 9.17) is 0 Å². The average molecular weight is 429 g/mol. The summed E-state index contributed by atoms with van der Waals surface area (Å²) in [7, 11) is 2.15. The van der Waals surface area contributed by atoms with Crippen molar-refractivity contribution in [1.82, 2.24) is 4.90 Å². The molecule has 3 aromatic carbocycles. The highest BCUT2D eigenvalue weighted by Gasteiger charge is 2.29. The van der Waals surface area contributed by atoms with E-state index in [9.17, 15) is 9.59 Å². The Labute approximate surface area is 188 Å². The summed E-state index contributed by atoms with van der Waals surface area (Å²) < 4.78 is 0. The van der Waals surface area contributed by atoms with Gasteiger partial charge >= 0.3 is 0 Å². The molecule has 0 radical (unpaired) electrons. The topological polar surface area (TPSA) is 55.9 Å². The van der Waals surface area contributed by atoms with Crippen LogP contribution in [0.4, 0.5) is 17.1 Å². The van der Waals surface area contributed by atoms with Gasteiger partial charge in [-0.3, -0.25) is 9.59 Å². The monoisotopic (exact) mass is 428 g/mol. The minimum Gasteiger partial charge on any atom is -0.369 e. The number of carbonyl (C=O) groups excluding carboxylic acids is 2. The summed E-state index contributed by atoms with van der Waals surface area (Å²) in [6.07, 6.45) is 0.984. The van der Waals surface area contributed by atoms with E-state index < -0.39 is 0 Å². The van der Waals surface area contributed by atoms with Crippen molar-refractivity contribution in [3.05, 3.63) is 66.2 Å². The van der Waals surface area contributed by atoms with Crippen molar-refractivity contribution in [1.29, 1.82) is 0 Å². The molecule has 0 aromatic heterocycles. The van der Waals surface area contributed by atoms with Crippen LogP contribution in [-0.4, -0.2) is 56.5 Å². The number of piperazine rings is 1. The first kappa shape index (κ1) is 20.5. The molecule has 0 aliphatic carbocycles. The van der Waals surface area contributed by atoms with Gasteiger partial charge in [0, 0.05) is 61.5 Å². The van der Waals surface area contributed by atoms with E-state index in [1.807, 2.05) is 48.5 Å². The number of rotatable bonds is 6. The van der Waals surface area contributed by atoms with E-state index in [1.54, 1.807) is 4.90 Å². The van der Waals surface area contributed by atoms with Crippen molar-refractivity contribution in [3.8, 4) is 0 Å². The highest BCUT2D eigenvalue weighted by Crippen LogP contribution is 2.37. The second kappa shape index (κ2) is 8.63. The third kappa shape index (κ3) is 3.94. The van der Waals surface area contributed by atoms with Gasteiger partial charge in [0.05, 0.1) is 5.69 Å². The Morgan fingerprint density at radius 1 is 0.938 bits per heavy atom. The molecule has 0 spiro atoms. The van der Waals surface area contributed by atoms with Crippen LogP contribution < -0.4 is 15.1 Å². The van der Waals surface area contributed by atoms with Gasteiger partial charge in [-0.25, -0.2) is 0 Å². The summed E-state index contributed by atoms with van der Waals surface area (Å²) in [4.78, 5) is 31.8. The minimum absolute atomic E-state index is 0.0247. The molecule has 2 heterocycles. The minimum atomic E-state index is -0.0280. The first-order chi connectivity index (χ1) is 15.6. The zero-order valence-electron chi connectivity index (χ0n) is 18.4. The molecule has 0 saturated carbocycles. The van der Waals surface area contributed by atoms with Gasteiger partial charge in [-0.05, 0) is 55.3 Å². The van der Waals surface area contributed by atoms with Crippen LogP contribution in [-0.2, 0) is 4.79 Å². The Morgan fingerprint density at radius 2 is 1.66 bits per heavy atom. The molecule has 1 fully saturated rings. The number of hydrogen-bond acceptors (Lipinski definition) is 4. The molecule has 6 heteroatoms. The van der Waals surface area contributed by atoms with Crippen LogP contribution in [0.2, 0.25) is 0 Å². The van der Waals surface area contributed by atoms with Gasteiger partial charge in [-0.1, -0.05) is 24.3 Å². The lowest BCUT2D eigenvalue weighted by molar-refractivity contribution is -0.116. The van der Waals surface area contributed by atoms with Crippen LogP contribution in [0.3, 0.4) is 0 Å². The van der Waals surface area contributed by atoms with E-state index >= 15 is 0 Å². The van der Waals surface area contributed by atoms with Gasteiger partial charge in [0.15, 0.2) is 0 Å². The SMILES string of the molecule is CN1CCN(c2ccc(NC(=O)CCCN3C(=O)c4cccc5cccc3c45)cc2)CC1. The first-order valence-electron chi connectivity index (χ1n) is 11.3. The number of carbonyl (C=O) groups is 2. The molecule has 0 bridgehead atoms. The summed E-state index contributed by atoms with van der Waals surface area (Å²) in [6, 6.07) is 19.9. The second-order valence-electron chi connectivity index (χ2n) is 8.63. The van der Waals surface area contributed by atoms with Gasteiger partial charge in [-0.15, -0.1) is 0 Å². The Kier molecular flexibility index (Phi) is 5.53. The predicted molar refractivity (Wildman–Crippen MR) is 130 cm³/mol. The standard InChI is InChI=1S/C26H28N4O2/c1-28-15-17-29(18-16-28)21-12-10-20(11-13-21)27-24(31)9-4-14-30-23-8-3-6-19-5-2-7-22(25(19)23)26(30)32/h2-3,5-8,10-13H,4,9,14-18H2,1H3,(H,27,31). The van der Waals surface area contributed by atoms with Crippen LogP contribution in [0, 0.1) is 0 Å². The lowest BCUT2D eigenvalue weighted by Gasteiger charge is -2.34. The van der Waals surface area contributed by atoms with Crippen LogP contribution in [0.1, 0.15) is 23.2 Å². The summed E-state index contributed by atoms with van der Waals surface area (Å²) in [6.45, 7) is 4.71. The van der Waals surface area contributed by atoms with E-state index in [2.05, 4.69) is 34.3 Å². The highest BCUT2D eigenvalue weighted by molar-refractivity contribution is 6.25. The van der Waals surface area contributed by atoms with Crippen molar-refractivity contribution in [2.75, 3.05) is 54.9 Å². The summed E-state index contributed by atoms with van der Waals surface area (Å²) in [5.74, 6) is -0.00332. The molecule has 1 saturated heterocycles. The van der Waals surface area contributed by atoms with Crippen molar-refractivity contribution < 1.29 is 9.59 Å². The number of anilines is 3. The van der Waals surface area contributed by atoms with Crippen molar-refractivity contribution in [3.63, 3.8) is 0 Å². The molecule has 32 heavy (non-hydrogen) atoms. The second-order valence-corrected chi connectivity index (χ2v) is 8.63. The maximum atomic E-state index is 12.8. The van der Waals surface area contributed by atoms with Crippen LogP contribution >= 0.6 is 0 Å². The first-order valence-corrected chi connectivity index (χ1v) is 11.3. The lowest BCUT2D eigenvalue weighted by Crippen LogP contribution is -2.44. The molecule has 0 atom stereocenters. The van der Waals surface area contributed by atoms with Gasteiger partial charge < -0.3 is 20.0 Å². The van der Waals surface area contributed by atoms with E-state index in [-0.39, 0.29) is 11.8 Å². The van der Waals surface area contributed by atoms with Gasteiger partial charge in [0.1, 0.15) is 0 Å². The number of benzene rings is 3. The molecular formula is C26H28N4O2. The fraction of sp³-hybridized carbons (Fsp3) is 0.308. The van der Waals surface area contributed by atoms with Crippen molar-refractivity contribution >= 4 is 39.6 Å². The van der Waals surface area contributed by atoms with Gasteiger partial charge in [0.2, 0.25) is 5.91 Å². The third-order valence-electron chi connectivity index (χ3n) is 6.45. The number of nitrogens with one attached hydrogen (secondary N) is 1. The predicted octanol–water partition coefficient (Wildman–Crippen LogP) is 3.97. The molecule has 6 nitrogen and oxygen atoms in total. The Hall–Kier alpha value is -3.38. The van der Waals surface area contributed by atoms with E-state index in [0.717, 1.165) is 53.9 Å². The number of hydrogen-bond donors (Lipinski definition) is 1. The normalized spacial score (nSPS) is 16.1. The van der Waals surface area contributed by atoms with Crippen LogP contribution in [0.15, 0.2) is 60.7 Å². The Bertz CT molecular complexity index is 1140. The summed E-state index contributed by atoms with van der Waals surface area (Å²) >= 11 is 0. The molecule has 2 aliphatic rings. The largest absolute Gasteiger partial charge is 0.369 e. The molecular weight excluding hydrogens is 400 g/mol. The number of likely N-dealkylation sites (N-methyl/N-ethyl adjacent to an activating group) is 1. The zero-order valence-corrected chi connectivity index (χ0v) is 18.4. The fourth-order valence-corrected chi connectivity index (χ4v) is 4.64. The van der Waals surface area contributed by atoms with E-state index in [0.29, 0.717) is 19.4 Å². The van der Waals surface area contributed by atoms with Crippen molar-refractivity contribution in [2.24, 2.45) is 0 Å². The third-order valence-corrected chi connectivity index (χ3v) is 6.45. The average Bonchev–Trinajstić information content (AvgIpc) is 3.08. The van der Waals surface area contributed by atoms with Crippen LogP contribution in [0.25, 0.3) is 10.8 Å². The molecule has 2 aliphatic heterocycles. The molecule has 0 unspecified atom stereocenters. The molecule has 1 N–H and O–H groups in total. The van der Waals surface area contributed by atoms with Crippen molar-refractivity contribution in [2.45, 2.75) is 12.8 Å². The lowest BCUT2D eigenvalue weighted by atomic mass is 10.1. The molecule has 164 valence electrons. The highest BCUT2D eigenvalue weighted by atomic mass is 16.2. The quantitative estimate of drug-likeness (QED) is 0.646. The zero-order chi connectivity index (χ0) is 22.1. The number of amides is 2. The van der Waals surface area contributed by atoms with Gasteiger partial charge in [0.25, 0.3) is 5.91 Å². The Balaban J connectivity index is 1.14. The maximum absolute atomic E-state index is 12.8. The maximum Gasteiger partial charge on any atom is 0.258 e. The van der Waals surface area contributed by atoms with Gasteiger partial charge in [-0.2, -0.15) is 0 Å². The Morgan fingerprint density at radius 3 is 2.41 bits per heavy atom.